The molecular formula is C18H20N4NiS6-4. The standard InChI is InChI=1S/2C9H12N2S3.Ni/c2*1-3-5-10-7(12)8(13)11(6-4-2)9(10)14;/h2*3-4,12-13H,1-2,5-6H2;/p-4. The third-order valence-electron chi connectivity index (χ3n) is 3.52. The van der Waals surface area contributed by atoms with Gasteiger partial charge in [-0.3, -0.25) is 0 Å². The summed E-state index contributed by atoms with van der Waals surface area (Å²) in [5.74, 6) is 0. The first-order valence-corrected chi connectivity index (χ1v) is 10.5. The molecule has 0 saturated heterocycles. The van der Waals surface area contributed by atoms with Gasteiger partial charge in [0.25, 0.3) is 0 Å². The topological polar surface area (TPSA) is 19.7 Å². The zero-order valence-electron chi connectivity index (χ0n) is 15.5. The van der Waals surface area contributed by atoms with E-state index in [1.807, 2.05) is 0 Å². The van der Waals surface area contributed by atoms with Crippen molar-refractivity contribution in [2.45, 2.75) is 46.3 Å². The molecule has 0 spiro atoms. The van der Waals surface area contributed by atoms with E-state index >= 15 is 0 Å². The van der Waals surface area contributed by atoms with E-state index < -0.39 is 0 Å². The maximum absolute atomic E-state index is 5.23. The van der Waals surface area contributed by atoms with Crippen molar-refractivity contribution in [1.29, 1.82) is 0 Å². The predicted octanol–water partition coefficient (Wildman–Crippen LogP) is 4.40. The summed E-state index contributed by atoms with van der Waals surface area (Å²) >= 11 is 31.1. The van der Waals surface area contributed by atoms with E-state index in [1.165, 1.54) is 0 Å². The monoisotopic (exact) mass is 542 g/mol. The minimum Gasteiger partial charge on any atom is -0.762 e. The van der Waals surface area contributed by atoms with E-state index in [0.29, 0.717) is 55.8 Å². The Morgan fingerprint density at radius 3 is 0.862 bits per heavy atom. The first-order valence-electron chi connectivity index (χ1n) is 8.04. The Labute approximate surface area is 214 Å². The fourth-order valence-electron chi connectivity index (χ4n) is 2.26. The van der Waals surface area contributed by atoms with Gasteiger partial charge in [-0.15, -0.1) is 46.4 Å². The van der Waals surface area contributed by atoms with Crippen LogP contribution in [0.15, 0.2) is 70.7 Å². The summed E-state index contributed by atoms with van der Waals surface area (Å²) in [4.78, 5) is 0. The predicted molar refractivity (Wildman–Crippen MR) is 130 cm³/mol. The molecular weight excluding hydrogens is 523 g/mol. The molecule has 2 aromatic rings. The molecule has 0 saturated carbocycles. The van der Waals surface area contributed by atoms with Crippen molar-refractivity contribution in [3.8, 4) is 0 Å². The van der Waals surface area contributed by atoms with Gasteiger partial charge < -0.3 is 68.8 Å². The van der Waals surface area contributed by atoms with Gasteiger partial charge >= 0.3 is 0 Å². The minimum atomic E-state index is 0. The van der Waals surface area contributed by atoms with Crippen LogP contribution in [0.25, 0.3) is 0 Å². The fourth-order valence-corrected chi connectivity index (χ4v) is 4.24. The Balaban J connectivity index is 0.000000523. The molecule has 0 aromatic carbocycles. The van der Waals surface area contributed by atoms with Crippen molar-refractivity contribution >= 4 is 75.0 Å². The summed E-state index contributed by atoms with van der Waals surface area (Å²) in [6.07, 6.45) is 6.99. The third kappa shape index (κ3) is 6.59. The van der Waals surface area contributed by atoms with Crippen LogP contribution < -0.4 is 0 Å². The van der Waals surface area contributed by atoms with Crippen LogP contribution in [-0.4, -0.2) is 18.3 Å². The second kappa shape index (κ2) is 13.5. The SMILES string of the molecule is C=CCn1c([S-])c([S-])n(CC=C)c1=S.C=CCn1c([S-])c([S-])n(CC=C)c1=S.[Ni]. The van der Waals surface area contributed by atoms with Crippen LogP contribution in [0.5, 0.6) is 0 Å². The average Bonchev–Trinajstić information content (AvgIpc) is 2.99. The van der Waals surface area contributed by atoms with Crippen LogP contribution in [-0.2, 0) is 93.2 Å². The van der Waals surface area contributed by atoms with Gasteiger partial charge in [0.05, 0.1) is 0 Å². The first-order chi connectivity index (χ1) is 13.3. The Bertz CT molecular complexity index is 842. The van der Waals surface area contributed by atoms with Gasteiger partial charge in [0.15, 0.2) is 9.54 Å². The molecule has 29 heavy (non-hydrogen) atoms. The van der Waals surface area contributed by atoms with Crippen LogP contribution in [0.3, 0.4) is 0 Å². The van der Waals surface area contributed by atoms with Crippen molar-refractivity contribution in [1.82, 2.24) is 18.3 Å². The minimum absolute atomic E-state index is 0. The molecule has 0 aliphatic carbocycles. The molecule has 162 valence electrons. The number of hydrogen-bond acceptors (Lipinski definition) is 6. The van der Waals surface area contributed by atoms with Gasteiger partial charge in [-0.05, 0) is 24.4 Å². The molecule has 2 aromatic heterocycles. The molecule has 0 N–H and O–H groups in total. The number of aromatic nitrogens is 4. The van der Waals surface area contributed by atoms with Crippen LogP contribution in [0, 0.1) is 9.54 Å². The van der Waals surface area contributed by atoms with E-state index in [-0.39, 0.29) is 16.5 Å². The second-order valence-electron chi connectivity index (χ2n) is 5.38. The molecule has 0 aliphatic heterocycles. The second-order valence-corrected chi connectivity index (χ2v) is 7.66. The van der Waals surface area contributed by atoms with E-state index in [9.17, 15) is 0 Å². The fraction of sp³-hybridized carbons (Fsp3) is 0.222. The number of rotatable bonds is 8. The maximum Gasteiger partial charge on any atom is 0.177 e. The Morgan fingerprint density at radius 2 is 0.724 bits per heavy atom. The largest absolute Gasteiger partial charge is 0.762 e. The normalized spacial score (nSPS) is 9.66. The summed E-state index contributed by atoms with van der Waals surface area (Å²) in [7, 11) is 0. The molecule has 0 unspecified atom stereocenters. The molecule has 2 rings (SSSR count). The van der Waals surface area contributed by atoms with E-state index in [4.69, 9.17) is 75.0 Å². The first kappa shape index (κ1) is 28.2. The number of hydrogen-bond donors (Lipinski definition) is 0. The molecule has 2 heterocycles. The van der Waals surface area contributed by atoms with Crippen LogP contribution in [0.1, 0.15) is 0 Å². The van der Waals surface area contributed by atoms with E-state index in [0.717, 1.165) is 0 Å². The Morgan fingerprint density at radius 1 is 0.552 bits per heavy atom. The summed E-state index contributed by atoms with van der Waals surface area (Å²) in [5.41, 5.74) is 0. The molecule has 0 bridgehead atoms. The van der Waals surface area contributed by atoms with Gasteiger partial charge in [-0.2, -0.15) is 0 Å². The molecule has 0 fully saturated rings. The maximum atomic E-state index is 5.23. The van der Waals surface area contributed by atoms with Crippen molar-refractivity contribution in [2.75, 3.05) is 0 Å². The molecule has 11 heteroatoms. The summed E-state index contributed by atoms with van der Waals surface area (Å²) < 4.78 is 8.46. The third-order valence-corrected chi connectivity index (χ3v) is 6.31. The van der Waals surface area contributed by atoms with Crippen LogP contribution in [0.4, 0.5) is 0 Å². The number of nitrogens with zero attached hydrogens (tertiary/aromatic N) is 4. The van der Waals surface area contributed by atoms with Gasteiger partial charge in [-0.25, -0.2) is 0 Å². The van der Waals surface area contributed by atoms with Gasteiger partial charge in [0.1, 0.15) is 0 Å². The summed E-state index contributed by atoms with van der Waals surface area (Å²) in [6.45, 7) is 17.0. The zero-order valence-corrected chi connectivity index (χ0v) is 21.4. The number of imidazole rings is 2. The average molecular weight is 543 g/mol. The molecule has 0 atom stereocenters. The molecule has 4 nitrogen and oxygen atoms in total. The Hall–Kier alpha value is -0.806. The smallest absolute Gasteiger partial charge is 0.177 e. The zero-order chi connectivity index (χ0) is 21.4. The summed E-state index contributed by atoms with van der Waals surface area (Å²) in [5, 5.41) is 2.41. The van der Waals surface area contributed by atoms with Crippen molar-refractivity contribution in [3.63, 3.8) is 0 Å². The van der Waals surface area contributed by atoms with Crippen molar-refractivity contribution in [2.24, 2.45) is 0 Å². The van der Waals surface area contributed by atoms with E-state index in [1.54, 1.807) is 42.6 Å². The van der Waals surface area contributed by atoms with Gasteiger partial charge in [0.2, 0.25) is 0 Å². The molecule has 0 amide bonds. The van der Waals surface area contributed by atoms with Gasteiger partial charge in [0, 0.05) is 42.7 Å². The van der Waals surface area contributed by atoms with Crippen LogP contribution >= 0.6 is 24.4 Å². The van der Waals surface area contributed by atoms with Crippen LogP contribution in [0.2, 0.25) is 0 Å². The number of allylic oxidation sites excluding steroid dienone is 4. The molecule has 0 radical (unpaired) electrons. The van der Waals surface area contributed by atoms with Crippen molar-refractivity contribution < 1.29 is 16.5 Å². The van der Waals surface area contributed by atoms with Gasteiger partial charge in [-0.1, -0.05) is 24.3 Å². The quantitative estimate of drug-likeness (QED) is 0.211. The van der Waals surface area contributed by atoms with E-state index in [2.05, 4.69) is 26.3 Å². The Kier molecular flexibility index (Phi) is 13.1. The summed E-state index contributed by atoms with van der Waals surface area (Å²) in [6, 6.07) is 0. The van der Waals surface area contributed by atoms with Crippen molar-refractivity contribution in [3.05, 3.63) is 60.2 Å². The molecule has 0 aliphatic rings.